The molecule has 3 unspecified atom stereocenters. The average molecular weight is 383 g/mol. The van der Waals surface area contributed by atoms with Crippen LogP contribution in [0.5, 0.6) is 5.75 Å². The Morgan fingerprint density at radius 2 is 1.45 bits per heavy atom. The molecular formula is C26H26N2O. The number of hydrogen-bond donors (Lipinski definition) is 1. The number of fused-ring (bicyclic) bond motifs is 1. The molecule has 3 aromatic rings. The van der Waals surface area contributed by atoms with Gasteiger partial charge in [0, 0.05) is 35.7 Å². The van der Waals surface area contributed by atoms with Crippen molar-refractivity contribution in [2.24, 2.45) is 10.4 Å². The second-order valence-corrected chi connectivity index (χ2v) is 8.58. The molecule has 1 N–H and O–H groups in total. The predicted octanol–water partition coefficient (Wildman–Crippen LogP) is 5.70. The van der Waals surface area contributed by atoms with E-state index in [-0.39, 0.29) is 17.5 Å². The van der Waals surface area contributed by atoms with Crippen molar-refractivity contribution in [2.75, 3.05) is 0 Å². The quantitative estimate of drug-likeness (QED) is 0.617. The van der Waals surface area contributed by atoms with Gasteiger partial charge in [0.2, 0.25) is 5.72 Å². The second-order valence-electron chi connectivity index (χ2n) is 8.58. The summed E-state index contributed by atoms with van der Waals surface area (Å²) < 4.78 is 6.74. The molecule has 29 heavy (non-hydrogen) atoms. The van der Waals surface area contributed by atoms with E-state index in [4.69, 9.17) is 9.73 Å². The number of piperidine rings is 1. The molecule has 2 heterocycles. The summed E-state index contributed by atoms with van der Waals surface area (Å²) >= 11 is 0. The van der Waals surface area contributed by atoms with Gasteiger partial charge in [0.1, 0.15) is 5.75 Å². The molecule has 5 rings (SSSR count). The molecule has 0 aliphatic carbocycles. The van der Waals surface area contributed by atoms with Crippen molar-refractivity contribution in [3.63, 3.8) is 0 Å². The van der Waals surface area contributed by atoms with Gasteiger partial charge in [0.05, 0.1) is 0 Å². The topological polar surface area (TPSA) is 33.6 Å². The van der Waals surface area contributed by atoms with Gasteiger partial charge in [-0.25, -0.2) is 4.99 Å². The SMILES string of the molecule is CC1(C)C(c2ccccc2)NC(c2ccccc2)CC12N=Cc1ccccc1O2. The van der Waals surface area contributed by atoms with Crippen molar-refractivity contribution >= 4 is 6.21 Å². The van der Waals surface area contributed by atoms with Gasteiger partial charge >= 0.3 is 0 Å². The number of benzene rings is 3. The van der Waals surface area contributed by atoms with Crippen LogP contribution in [0.25, 0.3) is 0 Å². The van der Waals surface area contributed by atoms with Crippen molar-refractivity contribution in [1.29, 1.82) is 0 Å². The average Bonchev–Trinajstić information content (AvgIpc) is 2.77. The Morgan fingerprint density at radius 1 is 0.828 bits per heavy atom. The van der Waals surface area contributed by atoms with E-state index in [1.807, 2.05) is 18.3 Å². The van der Waals surface area contributed by atoms with Crippen LogP contribution >= 0.6 is 0 Å². The number of nitrogens with one attached hydrogen (secondary N) is 1. The third kappa shape index (κ3) is 2.97. The van der Waals surface area contributed by atoms with E-state index < -0.39 is 5.72 Å². The standard InChI is InChI=1S/C26H26N2O/c1-25(2)24(20-13-7-4-8-14-20)28-22(19-11-5-3-6-12-19)17-26(25)27-18-21-15-9-10-16-23(21)29-26/h3-16,18,22,24,28H,17H2,1-2H3. The van der Waals surface area contributed by atoms with Crippen LogP contribution in [-0.2, 0) is 0 Å². The Labute approximate surface area is 172 Å². The van der Waals surface area contributed by atoms with E-state index in [0.29, 0.717) is 0 Å². The number of hydrogen-bond acceptors (Lipinski definition) is 3. The summed E-state index contributed by atoms with van der Waals surface area (Å²) in [7, 11) is 0. The molecule has 2 aliphatic heterocycles. The molecule has 0 bridgehead atoms. The molecular weight excluding hydrogens is 356 g/mol. The van der Waals surface area contributed by atoms with Gasteiger partial charge in [-0.3, -0.25) is 0 Å². The lowest BCUT2D eigenvalue weighted by molar-refractivity contribution is -0.100. The Morgan fingerprint density at radius 3 is 2.17 bits per heavy atom. The first kappa shape index (κ1) is 18.1. The Hall–Kier alpha value is -2.91. The number of ether oxygens (including phenoxy) is 1. The molecule has 0 aromatic heterocycles. The summed E-state index contributed by atoms with van der Waals surface area (Å²) in [5.74, 6) is 0.913. The van der Waals surface area contributed by atoms with E-state index in [0.717, 1.165) is 17.7 Å². The van der Waals surface area contributed by atoms with Crippen LogP contribution in [0.4, 0.5) is 0 Å². The van der Waals surface area contributed by atoms with E-state index >= 15 is 0 Å². The molecule has 3 nitrogen and oxygen atoms in total. The zero-order valence-electron chi connectivity index (χ0n) is 16.9. The maximum absolute atomic E-state index is 6.74. The highest BCUT2D eigenvalue weighted by molar-refractivity contribution is 5.85. The Bertz CT molecular complexity index is 1030. The molecule has 0 amide bonds. The Kier molecular flexibility index (Phi) is 4.29. The van der Waals surface area contributed by atoms with E-state index in [9.17, 15) is 0 Å². The van der Waals surface area contributed by atoms with Crippen LogP contribution in [0.3, 0.4) is 0 Å². The first-order valence-electron chi connectivity index (χ1n) is 10.3. The van der Waals surface area contributed by atoms with Crippen LogP contribution in [0.15, 0.2) is 89.9 Å². The van der Waals surface area contributed by atoms with Gasteiger partial charge in [-0.1, -0.05) is 86.6 Å². The van der Waals surface area contributed by atoms with Crippen LogP contribution < -0.4 is 10.1 Å². The highest BCUT2D eigenvalue weighted by atomic mass is 16.5. The van der Waals surface area contributed by atoms with Crippen LogP contribution in [-0.4, -0.2) is 11.9 Å². The lowest BCUT2D eigenvalue weighted by Crippen LogP contribution is -2.61. The van der Waals surface area contributed by atoms with Gasteiger partial charge in [-0.15, -0.1) is 0 Å². The van der Waals surface area contributed by atoms with Crippen LogP contribution in [0.1, 0.15) is 49.0 Å². The summed E-state index contributed by atoms with van der Waals surface area (Å²) in [5, 5.41) is 3.92. The largest absolute Gasteiger partial charge is 0.465 e. The first-order valence-corrected chi connectivity index (χ1v) is 10.3. The molecule has 3 atom stereocenters. The maximum atomic E-state index is 6.74. The molecule has 3 heteroatoms. The zero-order chi connectivity index (χ0) is 19.9. The van der Waals surface area contributed by atoms with Gasteiger partial charge in [0.15, 0.2) is 0 Å². The summed E-state index contributed by atoms with van der Waals surface area (Å²) in [6, 6.07) is 29.7. The molecule has 2 aliphatic rings. The van der Waals surface area contributed by atoms with Crippen LogP contribution in [0.2, 0.25) is 0 Å². The number of para-hydroxylation sites is 1. The molecule has 3 aromatic carbocycles. The predicted molar refractivity (Wildman–Crippen MR) is 117 cm³/mol. The number of nitrogens with zero attached hydrogens (tertiary/aromatic N) is 1. The van der Waals surface area contributed by atoms with Crippen molar-refractivity contribution in [1.82, 2.24) is 5.32 Å². The van der Waals surface area contributed by atoms with Crippen molar-refractivity contribution in [3.8, 4) is 5.75 Å². The van der Waals surface area contributed by atoms with Gasteiger partial charge in [-0.2, -0.15) is 0 Å². The van der Waals surface area contributed by atoms with Gasteiger partial charge in [0.25, 0.3) is 0 Å². The second kappa shape index (κ2) is 6.85. The zero-order valence-corrected chi connectivity index (χ0v) is 16.9. The van der Waals surface area contributed by atoms with Gasteiger partial charge < -0.3 is 10.1 Å². The first-order chi connectivity index (χ1) is 14.1. The minimum absolute atomic E-state index is 0.102. The van der Waals surface area contributed by atoms with Crippen molar-refractivity contribution < 1.29 is 4.74 Å². The summed E-state index contributed by atoms with van der Waals surface area (Å²) in [6.07, 6.45) is 2.77. The van der Waals surface area contributed by atoms with Gasteiger partial charge in [-0.05, 0) is 23.3 Å². The highest BCUT2D eigenvalue weighted by Gasteiger charge is 2.58. The molecule has 0 radical (unpaired) electrons. The monoisotopic (exact) mass is 382 g/mol. The maximum Gasteiger partial charge on any atom is 0.208 e. The Balaban J connectivity index is 1.63. The normalized spacial score (nSPS) is 27.2. The lowest BCUT2D eigenvalue weighted by Gasteiger charge is -2.55. The van der Waals surface area contributed by atoms with E-state index in [1.54, 1.807) is 0 Å². The third-order valence-electron chi connectivity index (χ3n) is 6.52. The van der Waals surface area contributed by atoms with Crippen molar-refractivity contribution in [2.45, 2.75) is 38.1 Å². The minimum Gasteiger partial charge on any atom is -0.465 e. The summed E-state index contributed by atoms with van der Waals surface area (Å²) in [5.41, 5.74) is 2.66. The number of rotatable bonds is 2. The summed E-state index contributed by atoms with van der Waals surface area (Å²) in [4.78, 5) is 5.08. The molecule has 1 saturated heterocycles. The van der Waals surface area contributed by atoms with E-state index in [2.05, 4.69) is 92.0 Å². The molecule has 1 fully saturated rings. The minimum atomic E-state index is -0.645. The lowest BCUT2D eigenvalue weighted by atomic mass is 9.65. The van der Waals surface area contributed by atoms with Crippen LogP contribution in [0, 0.1) is 5.41 Å². The highest BCUT2D eigenvalue weighted by Crippen LogP contribution is 2.55. The fourth-order valence-electron chi connectivity index (χ4n) is 4.75. The molecule has 1 spiro atoms. The third-order valence-corrected chi connectivity index (χ3v) is 6.52. The van der Waals surface area contributed by atoms with E-state index in [1.165, 1.54) is 11.1 Å². The smallest absolute Gasteiger partial charge is 0.208 e. The fourth-order valence-corrected chi connectivity index (χ4v) is 4.75. The fraction of sp³-hybridized carbons (Fsp3) is 0.269. The molecule has 0 saturated carbocycles. The van der Waals surface area contributed by atoms with Crippen molar-refractivity contribution in [3.05, 3.63) is 102 Å². The summed E-state index contributed by atoms with van der Waals surface area (Å²) in [6.45, 7) is 4.54. The number of aliphatic imine (C=N–C) groups is 1. The molecule has 146 valence electrons.